The molecule has 3 aromatic heterocycles. The van der Waals surface area contributed by atoms with E-state index in [9.17, 15) is 9.18 Å². The van der Waals surface area contributed by atoms with Gasteiger partial charge in [-0.25, -0.2) is 14.2 Å². The number of aryl methyl sites for hydroxylation is 1. The summed E-state index contributed by atoms with van der Waals surface area (Å²) in [5, 5.41) is 1.59. The molecule has 0 amide bonds. The minimum Gasteiger partial charge on any atom is -0.465 e. The molecular weight excluding hydrogens is 409 g/mol. The zero-order valence-electron chi connectivity index (χ0n) is 13.2. The molecule has 0 saturated carbocycles. The van der Waals surface area contributed by atoms with Crippen molar-refractivity contribution in [2.75, 3.05) is 7.11 Å². The highest BCUT2D eigenvalue weighted by Gasteiger charge is 2.29. The van der Waals surface area contributed by atoms with Crippen molar-refractivity contribution in [2.45, 2.75) is 18.8 Å². The van der Waals surface area contributed by atoms with Crippen molar-refractivity contribution in [1.29, 1.82) is 0 Å². The Labute approximate surface area is 155 Å². The summed E-state index contributed by atoms with van der Waals surface area (Å²) < 4.78 is 20.0. The Bertz CT molecular complexity index is 969. The van der Waals surface area contributed by atoms with Crippen LogP contribution in [-0.4, -0.2) is 28.0 Å². The number of rotatable bonds is 3. The van der Waals surface area contributed by atoms with Gasteiger partial charge in [0.1, 0.15) is 10.7 Å². The number of imidazole rings is 1. The number of nitrogens with zero attached hydrogens (tertiary/aromatic N) is 2. The van der Waals surface area contributed by atoms with Crippen molar-refractivity contribution >= 4 is 33.2 Å². The number of esters is 1. The Morgan fingerprint density at radius 3 is 3.08 bits per heavy atom. The SMILES string of the molecule is COC(=O)c1scc(-c2cnc(C3CCc4cc(Br)cnc43)[nH]2)c1F. The summed E-state index contributed by atoms with van der Waals surface area (Å²) in [5.41, 5.74) is 3.08. The van der Waals surface area contributed by atoms with Gasteiger partial charge in [0, 0.05) is 21.6 Å². The molecule has 1 unspecified atom stereocenters. The fraction of sp³-hybridized carbons (Fsp3) is 0.235. The highest BCUT2D eigenvalue weighted by molar-refractivity contribution is 9.10. The van der Waals surface area contributed by atoms with Crippen molar-refractivity contribution in [3.8, 4) is 11.3 Å². The summed E-state index contributed by atoms with van der Waals surface area (Å²) in [4.78, 5) is 23.7. The van der Waals surface area contributed by atoms with E-state index in [4.69, 9.17) is 0 Å². The van der Waals surface area contributed by atoms with Crippen molar-refractivity contribution in [1.82, 2.24) is 15.0 Å². The van der Waals surface area contributed by atoms with Gasteiger partial charge in [0.2, 0.25) is 0 Å². The summed E-state index contributed by atoms with van der Waals surface area (Å²) in [6.45, 7) is 0. The first kappa shape index (κ1) is 16.4. The zero-order chi connectivity index (χ0) is 17.6. The Morgan fingerprint density at radius 2 is 2.28 bits per heavy atom. The number of halogens is 2. The average molecular weight is 422 g/mol. The number of hydrogen-bond acceptors (Lipinski definition) is 5. The van der Waals surface area contributed by atoms with Crippen LogP contribution in [0.1, 0.15) is 39.1 Å². The first-order valence-corrected chi connectivity index (χ1v) is 9.30. The van der Waals surface area contributed by atoms with Gasteiger partial charge in [0.25, 0.3) is 0 Å². The lowest BCUT2D eigenvalue weighted by molar-refractivity contribution is 0.0601. The van der Waals surface area contributed by atoms with Gasteiger partial charge in [-0.1, -0.05) is 0 Å². The molecule has 4 rings (SSSR count). The molecule has 1 atom stereocenters. The van der Waals surface area contributed by atoms with Crippen LogP contribution in [-0.2, 0) is 11.2 Å². The maximum absolute atomic E-state index is 14.5. The van der Waals surface area contributed by atoms with Crippen LogP contribution in [0, 0.1) is 5.82 Å². The van der Waals surface area contributed by atoms with Gasteiger partial charge in [-0.3, -0.25) is 4.98 Å². The lowest BCUT2D eigenvalue weighted by Gasteiger charge is -2.07. The van der Waals surface area contributed by atoms with Gasteiger partial charge in [-0.2, -0.15) is 0 Å². The third kappa shape index (κ3) is 2.79. The Hall–Kier alpha value is -2.06. The lowest BCUT2D eigenvalue weighted by atomic mass is 10.1. The fourth-order valence-electron chi connectivity index (χ4n) is 3.11. The van der Waals surface area contributed by atoms with Crippen LogP contribution < -0.4 is 0 Å². The van der Waals surface area contributed by atoms with E-state index in [-0.39, 0.29) is 10.8 Å². The molecule has 8 heteroatoms. The molecule has 0 radical (unpaired) electrons. The number of H-pyrrole nitrogens is 1. The number of aromatic nitrogens is 3. The number of thiophene rings is 1. The quantitative estimate of drug-likeness (QED) is 0.640. The summed E-state index contributed by atoms with van der Waals surface area (Å²) in [5.74, 6) is -0.429. The number of fused-ring (bicyclic) bond motifs is 1. The number of nitrogens with one attached hydrogen (secondary N) is 1. The molecule has 1 aliphatic rings. The van der Waals surface area contributed by atoms with Crippen LogP contribution >= 0.6 is 27.3 Å². The first-order valence-electron chi connectivity index (χ1n) is 7.63. The number of carbonyl (C=O) groups excluding carboxylic acids is 1. The average Bonchev–Trinajstić information content (AvgIpc) is 3.31. The Kier molecular flexibility index (Phi) is 4.16. The number of ether oxygens (including phenoxy) is 1. The number of carbonyl (C=O) groups is 1. The molecule has 3 aromatic rings. The fourth-order valence-corrected chi connectivity index (χ4v) is 4.35. The topological polar surface area (TPSA) is 67.9 Å². The number of aromatic amines is 1. The largest absolute Gasteiger partial charge is 0.465 e. The molecule has 0 fully saturated rings. The normalized spacial score (nSPS) is 16.0. The van der Waals surface area contributed by atoms with Crippen LogP contribution in [0.25, 0.3) is 11.3 Å². The van der Waals surface area contributed by atoms with Gasteiger partial charge < -0.3 is 9.72 Å². The summed E-state index contributed by atoms with van der Waals surface area (Å²) >= 11 is 4.46. The predicted molar refractivity (Wildman–Crippen MR) is 95.3 cm³/mol. The minimum atomic E-state index is -0.673. The number of methoxy groups -OCH3 is 1. The van der Waals surface area contributed by atoms with Gasteiger partial charge >= 0.3 is 5.97 Å². The van der Waals surface area contributed by atoms with Crippen molar-refractivity contribution in [3.63, 3.8) is 0 Å². The monoisotopic (exact) mass is 421 g/mol. The van der Waals surface area contributed by atoms with Crippen LogP contribution in [0.4, 0.5) is 4.39 Å². The number of pyridine rings is 1. The molecule has 25 heavy (non-hydrogen) atoms. The second-order valence-corrected chi connectivity index (χ2v) is 7.55. The van der Waals surface area contributed by atoms with Crippen LogP contribution in [0.5, 0.6) is 0 Å². The van der Waals surface area contributed by atoms with E-state index in [1.807, 2.05) is 0 Å². The van der Waals surface area contributed by atoms with Crippen LogP contribution in [0.2, 0.25) is 0 Å². The molecule has 1 N–H and O–H groups in total. The molecule has 5 nitrogen and oxygen atoms in total. The van der Waals surface area contributed by atoms with Gasteiger partial charge in [-0.05, 0) is 40.4 Å². The zero-order valence-corrected chi connectivity index (χ0v) is 15.6. The first-order chi connectivity index (χ1) is 12.1. The Morgan fingerprint density at radius 1 is 1.44 bits per heavy atom. The van der Waals surface area contributed by atoms with E-state index in [1.54, 1.807) is 17.8 Å². The van der Waals surface area contributed by atoms with E-state index >= 15 is 0 Å². The maximum atomic E-state index is 14.5. The summed E-state index contributed by atoms with van der Waals surface area (Å²) in [6.07, 6.45) is 5.22. The Balaban J connectivity index is 1.67. The van der Waals surface area contributed by atoms with Gasteiger partial charge in [0.15, 0.2) is 5.82 Å². The molecule has 128 valence electrons. The van der Waals surface area contributed by atoms with E-state index in [0.717, 1.165) is 40.2 Å². The van der Waals surface area contributed by atoms with Gasteiger partial charge in [-0.15, -0.1) is 11.3 Å². The number of hydrogen-bond donors (Lipinski definition) is 1. The van der Waals surface area contributed by atoms with E-state index < -0.39 is 11.8 Å². The minimum absolute atomic E-state index is 0.0358. The predicted octanol–water partition coefficient (Wildman–Crippen LogP) is 4.30. The maximum Gasteiger partial charge on any atom is 0.351 e. The van der Waals surface area contributed by atoms with Crippen molar-refractivity contribution in [2.24, 2.45) is 0 Å². The highest BCUT2D eigenvalue weighted by atomic mass is 79.9. The second kappa shape index (κ2) is 6.34. The third-order valence-electron chi connectivity index (χ3n) is 4.32. The second-order valence-electron chi connectivity index (χ2n) is 5.76. The molecule has 3 heterocycles. The third-order valence-corrected chi connectivity index (χ3v) is 5.69. The summed E-state index contributed by atoms with van der Waals surface area (Å²) in [6, 6.07) is 2.08. The lowest BCUT2D eigenvalue weighted by Crippen LogP contribution is -2.01. The van der Waals surface area contributed by atoms with Crippen LogP contribution in [0.3, 0.4) is 0 Å². The molecule has 0 aromatic carbocycles. The van der Waals surface area contributed by atoms with Crippen molar-refractivity contribution in [3.05, 3.63) is 56.1 Å². The molecule has 0 saturated heterocycles. The van der Waals surface area contributed by atoms with E-state index in [2.05, 4.69) is 41.7 Å². The molecule has 1 aliphatic carbocycles. The molecular formula is C17H13BrFN3O2S. The smallest absolute Gasteiger partial charge is 0.351 e. The summed E-state index contributed by atoms with van der Waals surface area (Å²) in [7, 11) is 1.23. The van der Waals surface area contributed by atoms with Gasteiger partial charge in [0.05, 0.1) is 30.6 Å². The van der Waals surface area contributed by atoms with Crippen LogP contribution in [0.15, 0.2) is 28.3 Å². The van der Waals surface area contributed by atoms with Crippen molar-refractivity contribution < 1.29 is 13.9 Å². The van der Waals surface area contributed by atoms with E-state index in [1.165, 1.54) is 12.7 Å². The highest BCUT2D eigenvalue weighted by Crippen LogP contribution is 2.37. The standard InChI is InChI=1S/C17H13BrFN3O2S/c1-24-17(23)15-13(19)11(7-25-15)12-6-21-16(22-12)10-3-2-8-4-9(18)5-20-14(8)10/h4-7,10H,2-3H2,1H3,(H,21,22). The molecule has 0 bridgehead atoms. The molecule has 0 aliphatic heterocycles. The molecule has 0 spiro atoms. The van der Waals surface area contributed by atoms with E-state index in [0.29, 0.717) is 11.3 Å².